The van der Waals surface area contributed by atoms with Gasteiger partial charge in [0, 0.05) is 11.5 Å². The SMILES string of the molecule is O=C(Nc1ccc(O)cc1F)c1n[nH]c2ccccc12. The molecule has 0 aliphatic carbocycles. The van der Waals surface area contributed by atoms with E-state index in [9.17, 15) is 9.18 Å². The Morgan fingerprint density at radius 3 is 2.85 bits per heavy atom. The van der Waals surface area contributed by atoms with Crippen molar-refractivity contribution in [2.24, 2.45) is 0 Å². The highest BCUT2D eigenvalue weighted by Crippen LogP contribution is 2.21. The number of phenols is 1. The van der Waals surface area contributed by atoms with E-state index in [0.717, 1.165) is 11.6 Å². The Hall–Kier alpha value is -2.89. The number of hydrogen-bond donors (Lipinski definition) is 3. The van der Waals surface area contributed by atoms with Gasteiger partial charge < -0.3 is 10.4 Å². The highest BCUT2D eigenvalue weighted by Gasteiger charge is 2.15. The summed E-state index contributed by atoms with van der Waals surface area (Å²) in [6, 6.07) is 10.7. The molecule has 0 atom stereocenters. The van der Waals surface area contributed by atoms with Crippen molar-refractivity contribution < 1.29 is 14.3 Å². The first kappa shape index (κ1) is 12.2. The molecule has 20 heavy (non-hydrogen) atoms. The molecule has 0 saturated carbocycles. The summed E-state index contributed by atoms with van der Waals surface area (Å²) in [6.45, 7) is 0. The minimum atomic E-state index is -0.710. The van der Waals surface area contributed by atoms with Gasteiger partial charge in [-0.3, -0.25) is 9.89 Å². The zero-order valence-electron chi connectivity index (χ0n) is 10.2. The molecule has 0 aliphatic rings. The molecule has 0 spiro atoms. The summed E-state index contributed by atoms with van der Waals surface area (Å²) in [7, 11) is 0. The molecule has 5 nitrogen and oxygen atoms in total. The van der Waals surface area contributed by atoms with Crippen LogP contribution < -0.4 is 5.32 Å². The van der Waals surface area contributed by atoms with Gasteiger partial charge >= 0.3 is 0 Å². The van der Waals surface area contributed by atoms with Crippen molar-refractivity contribution in [2.45, 2.75) is 0 Å². The van der Waals surface area contributed by atoms with Gasteiger partial charge in [-0.1, -0.05) is 18.2 Å². The van der Waals surface area contributed by atoms with Crippen molar-refractivity contribution in [2.75, 3.05) is 5.32 Å². The quantitative estimate of drug-likeness (QED) is 0.627. The zero-order valence-corrected chi connectivity index (χ0v) is 10.2. The lowest BCUT2D eigenvalue weighted by molar-refractivity contribution is 0.102. The predicted molar refractivity (Wildman–Crippen MR) is 72.1 cm³/mol. The Bertz CT molecular complexity index is 798. The third kappa shape index (κ3) is 2.07. The van der Waals surface area contributed by atoms with Crippen LogP contribution in [0.3, 0.4) is 0 Å². The number of aromatic hydroxyl groups is 1. The fraction of sp³-hybridized carbons (Fsp3) is 0. The van der Waals surface area contributed by atoms with Crippen LogP contribution in [0, 0.1) is 5.82 Å². The van der Waals surface area contributed by atoms with E-state index < -0.39 is 11.7 Å². The van der Waals surface area contributed by atoms with Crippen LogP contribution in [-0.2, 0) is 0 Å². The molecule has 3 N–H and O–H groups in total. The number of rotatable bonds is 2. The normalized spacial score (nSPS) is 10.7. The van der Waals surface area contributed by atoms with Gasteiger partial charge in [0.25, 0.3) is 5.91 Å². The fourth-order valence-corrected chi connectivity index (χ4v) is 1.92. The molecule has 0 fully saturated rings. The molecule has 3 aromatic rings. The number of benzene rings is 2. The molecule has 0 saturated heterocycles. The predicted octanol–water partition coefficient (Wildman–Crippen LogP) is 2.66. The number of halogens is 1. The number of carbonyl (C=O) groups excluding carboxylic acids is 1. The van der Waals surface area contributed by atoms with E-state index in [1.165, 1.54) is 12.1 Å². The van der Waals surface area contributed by atoms with Gasteiger partial charge in [-0.2, -0.15) is 5.10 Å². The maximum atomic E-state index is 13.6. The number of H-pyrrole nitrogens is 1. The molecule has 6 heteroatoms. The second-order valence-corrected chi connectivity index (χ2v) is 4.24. The van der Waals surface area contributed by atoms with Crippen LogP contribution in [0.4, 0.5) is 10.1 Å². The molecule has 0 bridgehead atoms. The van der Waals surface area contributed by atoms with E-state index in [1.54, 1.807) is 18.2 Å². The summed E-state index contributed by atoms with van der Waals surface area (Å²) >= 11 is 0. The van der Waals surface area contributed by atoms with E-state index in [1.807, 2.05) is 6.07 Å². The number of anilines is 1. The van der Waals surface area contributed by atoms with Gasteiger partial charge in [-0.15, -0.1) is 0 Å². The van der Waals surface area contributed by atoms with E-state index in [-0.39, 0.29) is 17.1 Å². The summed E-state index contributed by atoms with van der Waals surface area (Å²) < 4.78 is 13.6. The Morgan fingerprint density at radius 1 is 1.25 bits per heavy atom. The summed E-state index contributed by atoms with van der Waals surface area (Å²) in [5, 5.41) is 18.9. The first-order valence-electron chi connectivity index (χ1n) is 5.88. The summed E-state index contributed by atoms with van der Waals surface area (Å²) in [6.07, 6.45) is 0. The highest BCUT2D eigenvalue weighted by molar-refractivity contribution is 6.11. The molecular formula is C14H10FN3O2. The molecule has 0 unspecified atom stereocenters. The van der Waals surface area contributed by atoms with Crippen LogP contribution in [0.15, 0.2) is 42.5 Å². The van der Waals surface area contributed by atoms with Gasteiger partial charge in [0.15, 0.2) is 5.69 Å². The molecule has 3 rings (SSSR count). The van der Waals surface area contributed by atoms with E-state index in [0.29, 0.717) is 5.39 Å². The number of phenolic OH excluding ortho intramolecular Hbond substituents is 1. The summed E-state index contributed by atoms with van der Waals surface area (Å²) in [5.41, 5.74) is 0.900. The highest BCUT2D eigenvalue weighted by atomic mass is 19.1. The lowest BCUT2D eigenvalue weighted by atomic mass is 10.2. The lowest BCUT2D eigenvalue weighted by Gasteiger charge is -2.05. The number of hydrogen-bond acceptors (Lipinski definition) is 3. The van der Waals surface area contributed by atoms with Gasteiger partial charge in [-0.05, 0) is 18.2 Å². The van der Waals surface area contributed by atoms with Gasteiger partial charge in [0.05, 0.1) is 11.2 Å². The van der Waals surface area contributed by atoms with Gasteiger partial charge in [0.2, 0.25) is 0 Å². The van der Waals surface area contributed by atoms with E-state index >= 15 is 0 Å². The third-order valence-electron chi connectivity index (χ3n) is 2.89. The number of aromatic nitrogens is 2. The van der Waals surface area contributed by atoms with Crippen LogP contribution >= 0.6 is 0 Å². The maximum Gasteiger partial charge on any atom is 0.276 e. The van der Waals surface area contributed by atoms with Crippen LogP contribution in [0.1, 0.15) is 10.5 Å². The Labute approximate surface area is 113 Å². The summed E-state index contributed by atoms with van der Waals surface area (Å²) in [4.78, 5) is 12.1. The number of nitrogens with zero attached hydrogens (tertiary/aromatic N) is 1. The Balaban J connectivity index is 1.93. The smallest absolute Gasteiger partial charge is 0.276 e. The van der Waals surface area contributed by atoms with Crippen molar-refractivity contribution in [3.05, 3.63) is 54.0 Å². The van der Waals surface area contributed by atoms with Crippen LogP contribution in [-0.4, -0.2) is 21.2 Å². The van der Waals surface area contributed by atoms with Crippen LogP contribution in [0.25, 0.3) is 10.9 Å². The van der Waals surface area contributed by atoms with Crippen LogP contribution in [0.2, 0.25) is 0 Å². The van der Waals surface area contributed by atoms with E-state index in [2.05, 4.69) is 15.5 Å². The number of para-hydroxylation sites is 1. The van der Waals surface area contributed by atoms with Crippen molar-refractivity contribution in [3.63, 3.8) is 0 Å². The third-order valence-corrected chi connectivity index (χ3v) is 2.89. The van der Waals surface area contributed by atoms with Gasteiger partial charge in [-0.25, -0.2) is 4.39 Å². The lowest BCUT2D eigenvalue weighted by Crippen LogP contribution is -2.13. The number of aromatic amines is 1. The summed E-state index contributed by atoms with van der Waals surface area (Å²) in [5.74, 6) is -1.43. The molecular weight excluding hydrogens is 261 g/mol. The minimum absolute atomic E-state index is 0.0140. The van der Waals surface area contributed by atoms with Crippen molar-refractivity contribution >= 4 is 22.5 Å². The number of amides is 1. The van der Waals surface area contributed by atoms with Crippen molar-refractivity contribution in [3.8, 4) is 5.75 Å². The number of carbonyl (C=O) groups is 1. The molecule has 100 valence electrons. The maximum absolute atomic E-state index is 13.6. The second kappa shape index (κ2) is 4.65. The number of nitrogens with one attached hydrogen (secondary N) is 2. The zero-order chi connectivity index (χ0) is 14.1. The second-order valence-electron chi connectivity index (χ2n) is 4.24. The molecule has 0 aliphatic heterocycles. The average Bonchev–Trinajstić information content (AvgIpc) is 2.86. The van der Waals surface area contributed by atoms with Crippen molar-refractivity contribution in [1.29, 1.82) is 0 Å². The standard InChI is InChI=1S/C14H10FN3O2/c15-10-7-8(19)5-6-12(10)16-14(20)13-9-3-1-2-4-11(9)17-18-13/h1-7,19H,(H,16,20)(H,17,18). The molecule has 2 aromatic carbocycles. The minimum Gasteiger partial charge on any atom is -0.508 e. The fourth-order valence-electron chi connectivity index (χ4n) is 1.92. The first-order chi connectivity index (χ1) is 9.65. The topological polar surface area (TPSA) is 78.0 Å². The monoisotopic (exact) mass is 271 g/mol. The Kier molecular flexibility index (Phi) is 2.83. The number of fused-ring (bicyclic) bond motifs is 1. The Morgan fingerprint density at radius 2 is 2.05 bits per heavy atom. The first-order valence-corrected chi connectivity index (χ1v) is 5.88. The van der Waals surface area contributed by atoms with Crippen LogP contribution in [0.5, 0.6) is 5.75 Å². The molecule has 1 amide bonds. The van der Waals surface area contributed by atoms with E-state index in [4.69, 9.17) is 5.11 Å². The van der Waals surface area contributed by atoms with Gasteiger partial charge in [0.1, 0.15) is 11.6 Å². The largest absolute Gasteiger partial charge is 0.508 e. The average molecular weight is 271 g/mol. The molecule has 1 aromatic heterocycles. The molecule has 1 heterocycles. The van der Waals surface area contributed by atoms with Crippen molar-refractivity contribution in [1.82, 2.24) is 10.2 Å². The molecule has 0 radical (unpaired) electrons.